The van der Waals surface area contributed by atoms with Crippen LogP contribution in [0.5, 0.6) is 0 Å². The molecule has 1 aromatic heterocycles. The first-order valence-electron chi connectivity index (χ1n) is 4.03. The summed E-state index contributed by atoms with van der Waals surface area (Å²) < 4.78 is 0. The van der Waals surface area contributed by atoms with Gasteiger partial charge in [-0.1, -0.05) is 31.5 Å². The lowest BCUT2D eigenvalue weighted by molar-refractivity contribution is 0.581. The largest absolute Gasteiger partial charge is 0.309 e. The Bertz CT molecular complexity index is 248. The molecule has 1 aromatic rings. The number of nitrogens with one attached hydrogen (secondary N) is 1. The number of aromatic nitrogens is 1. The molecule has 0 aromatic carbocycles. The average Bonchev–Trinajstić information content (AvgIpc) is 2.01. The van der Waals surface area contributed by atoms with E-state index in [9.17, 15) is 0 Å². The van der Waals surface area contributed by atoms with Crippen molar-refractivity contribution in [3.8, 4) is 0 Å². The van der Waals surface area contributed by atoms with Crippen LogP contribution >= 0.6 is 11.6 Å². The maximum absolute atomic E-state index is 5.72. The fraction of sp³-hybridized carbons (Fsp3) is 0.444. The summed E-state index contributed by atoms with van der Waals surface area (Å²) in [5, 5.41) is 3.82. The zero-order chi connectivity index (χ0) is 8.97. The molecule has 0 amide bonds. The maximum Gasteiger partial charge on any atom is 0.129 e. The monoisotopic (exact) mass is 184 g/mol. The third kappa shape index (κ3) is 3.20. The van der Waals surface area contributed by atoms with Crippen molar-refractivity contribution in [2.24, 2.45) is 0 Å². The highest BCUT2D eigenvalue weighted by molar-refractivity contribution is 6.29. The molecular weight excluding hydrogens is 172 g/mol. The molecule has 0 saturated heterocycles. The van der Waals surface area contributed by atoms with Gasteiger partial charge in [-0.05, 0) is 12.1 Å². The molecule has 0 fully saturated rings. The van der Waals surface area contributed by atoms with Crippen LogP contribution in [-0.4, -0.2) is 11.0 Å². The van der Waals surface area contributed by atoms with E-state index in [1.807, 2.05) is 12.1 Å². The zero-order valence-corrected chi connectivity index (χ0v) is 8.10. The van der Waals surface area contributed by atoms with Crippen LogP contribution < -0.4 is 5.32 Å². The van der Waals surface area contributed by atoms with E-state index < -0.39 is 0 Å². The summed E-state index contributed by atoms with van der Waals surface area (Å²) in [6.45, 7) is 4.98. The highest BCUT2D eigenvalue weighted by Crippen LogP contribution is 2.04. The molecule has 12 heavy (non-hydrogen) atoms. The van der Waals surface area contributed by atoms with E-state index in [1.54, 1.807) is 6.07 Å². The second-order valence-corrected chi connectivity index (χ2v) is 3.37. The van der Waals surface area contributed by atoms with Crippen LogP contribution in [0.4, 0.5) is 0 Å². The first-order chi connectivity index (χ1) is 5.68. The zero-order valence-electron chi connectivity index (χ0n) is 7.34. The highest BCUT2D eigenvalue weighted by Gasteiger charge is 1.96. The minimum atomic E-state index is 0.478. The Morgan fingerprint density at radius 2 is 2.25 bits per heavy atom. The number of halogens is 1. The fourth-order valence-electron chi connectivity index (χ4n) is 0.857. The van der Waals surface area contributed by atoms with E-state index in [2.05, 4.69) is 24.1 Å². The third-order valence-electron chi connectivity index (χ3n) is 1.46. The van der Waals surface area contributed by atoms with Gasteiger partial charge < -0.3 is 5.32 Å². The van der Waals surface area contributed by atoms with E-state index in [4.69, 9.17) is 11.6 Å². The molecule has 1 heterocycles. The quantitative estimate of drug-likeness (QED) is 0.729. The van der Waals surface area contributed by atoms with E-state index >= 15 is 0 Å². The molecule has 0 aliphatic carbocycles. The van der Waals surface area contributed by atoms with Crippen molar-refractivity contribution in [1.29, 1.82) is 0 Å². The Kier molecular flexibility index (Phi) is 3.50. The molecule has 3 heteroatoms. The Balaban J connectivity index is 2.52. The predicted octanol–water partition coefficient (Wildman–Crippen LogP) is 2.23. The Hall–Kier alpha value is -0.600. The third-order valence-corrected chi connectivity index (χ3v) is 1.67. The van der Waals surface area contributed by atoms with Crippen LogP contribution in [0, 0.1) is 0 Å². The predicted molar refractivity (Wildman–Crippen MR) is 51.2 cm³/mol. The Morgan fingerprint density at radius 3 is 2.83 bits per heavy atom. The fourth-order valence-corrected chi connectivity index (χ4v) is 1.04. The summed E-state index contributed by atoms with van der Waals surface area (Å²) in [6, 6.07) is 6.12. The summed E-state index contributed by atoms with van der Waals surface area (Å²) in [6.07, 6.45) is 0. The second-order valence-electron chi connectivity index (χ2n) is 2.99. The van der Waals surface area contributed by atoms with Crippen molar-refractivity contribution >= 4 is 11.6 Å². The molecule has 0 bridgehead atoms. The molecule has 0 atom stereocenters. The number of pyridine rings is 1. The van der Waals surface area contributed by atoms with Crippen LogP contribution in [0.1, 0.15) is 19.5 Å². The van der Waals surface area contributed by atoms with Gasteiger partial charge in [0.1, 0.15) is 5.15 Å². The summed E-state index contributed by atoms with van der Waals surface area (Å²) >= 11 is 5.72. The van der Waals surface area contributed by atoms with Crippen LogP contribution in [-0.2, 0) is 6.54 Å². The Labute approximate surface area is 78.0 Å². The number of hydrogen-bond donors (Lipinski definition) is 1. The molecule has 66 valence electrons. The van der Waals surface area contributed by atoms with Crippen molar-refractivity contribution < 1.29 is 0 Å². The maximum atomic E-state index is 5.72. The molecule has 0 saturated carbocycles. The minimum Gasteiger partial charge on any atom is -0.309 e. The van der Waals surface area contributed by atoms with Crippen molar-refractivity contribution in [2.45, 2.75) is 26.4 Å². The SMILES string of the molecule is CC(C)NCc1cccc(Cl)n1. The summed E-state index contributed by atoms with van der Waals surface area (Å²) in [7, 11) is 0. The lowest BCUT2D eigenvalue weighted by Gasteiger charge is -2.06. The summed E-state index contributed by atoms with van der Waals surface area (Å²) in [4.78, 5) is 4.15. The van der Waals surface area contributed by atoms with Crippen molar-refractivity contribution in [2.75, 3.05) is 0 Å². The van der Waals surface area contributed by atoms with E-state index in [0.29, 0.717) is 11.2 Å². The second kappa shape index (κ2) is 4.43. The van der Waals surface area contributed by atoms with Gasteiger partial charge in [0.25, 0.3) is 0 Å². The molecule has 0 spiro atoms. The smallest absolute Gasteiger partial charge is 0.129 e. The molecule has 0 aliphatic heterocycles. The highest BCUT2D eigenvalue weighted by atomic mass is 35.5. The molecule has 2 nitrogen and oxygen atoms in total. The lowest BCUT2D eigenvalue weighted by Crippen LogP contribution is -2.22. The van der Waals surface area contributed by atoms with E-state index in [0.717, 1.165) is 12.2 Å². The van der Waals surface area contributed by atoms with Crippen molar-refractivity contribution in [1.82, 2.24) is 10.3 Å². The first-order valence-corrected chi connectivity index (χ1v) is 4.41. The van der Waals surface area contributed by atoms with Gasteiger partial charge in [0.05, 0.1) is 5.69 Å². The van der Waals surface area contributed by atoms with Gasteiger partial charge in [-0.15, -0.1) is 0 Å². The van der Waals surface area contributed by atoms with Crippen LogP contribution in [0.15, 0.2) is 18.2 Å². The Morgan fingerprint density at radius 1 is 1.50 bits per heavy atom. The molecular formula is C9H13ClN2. The van der Waals surface area contributed by atoms with Gasteiger partial charge in [-0.3, -0.25) is 0 Å². The summed E-state index contributed by atoms with van der Waals surface area (Å²) in [5.74, 6) is 0. The number of rotatable bonds is 3. The van der Waals surface area contributed by atoms with Gasteiger partial charge in [0.2, 0.25) is 0 Å². The lowest BCUT2D eigenvalue weighted by atomic mass is 10.3. The summed E-state index contributed by atoms with van der Waals surface area (Å²) in [5.41, 5.74) is 0.983. The van der Waals surface area contributed by atoms with E-state index in [1.165, 1.54) is 0 Å². The van der Waals surface area contributed by atoms with Gasteiger partial charge in [0, 0.05) is 12.6 Å². The van der Waals surface area contributed by atoms with E-state index in [-0.39, 0.29) is 0 Å². The molecule has 0 unspecified atom stereocenters. The molecule has 1 rings (SSSR count). The average molecular weight is 185 g/mol. The normalized spacial score (nSPS) is 10.7. The van der Waals surface area contributed by atoms with Gasteiger partial charge in [-0.25, -0.2) is 4.98 Å². The van der Waals surface area contributed by atoms with Crippen molar-refractivity contribution in [3.05, 3.63) is 29.0 Å². The molecule has 0 aliphatic rings. The topological polar surface area (TPSA) is 24.9 Å². The van der Waals surface area contributed by atoms with Crippen LogP contribution in [0.25, 0.3) is 0 Å². The van der Waals surface area contributed by atoms with Gasteiger partial charge >= 0.3 is 0 Å². The molecule has 1 N–H and O–H groups in total. The first kappa shape index (κ1) is 9.49. The minimum absolute atomic E-state index is 0.478. The number of nitrogens with zero attached hydrogens (tertiary/aromatic N) is 1. The van der Waals surface area contributed by atoms with Crippen LogP contribution in [0.2, 0.25) is 5.15 Å². The molecule has 0 radical (unpaired) electrons. The van der Waals surface area contributed by atoms with Crippen LogP contribution in [0.3, 0.4) is 0 Å². The standard InChI is InChI=1S/C9H13ClN2/c1-7(2)11-6-8-4-3-5-9(10)12-8/h3-5,7,11H,6H2,1-2H3. The number of hydrogen-bond acceptors (Lipinski definition) is 2. The van der Waals surface area contributed by atoms with Gasteiger partial charge in [0.15, 0.2) is 0 Å². The van der Waals surface area contributed by atoms with Gasteiger partial charge in [-0.2, -0.15) is 0 Å². The van der Waals surface area contributed by atoms with Crippen molar-refractivity contribution in [3.63, 3.8) is 0 Å².